The van der Waals surface area contributed by atoms with E-state index in [1.54, 1.807) is 6.07 Å². The normalized spacial score (nSPS) is 13.1. The molecule has 0 spiro atoms. The summed E-state index contributed by atoms with van der Waals surface area (Å²) in [5.41, 5.74) is 0.723. The number of nitrogens with one attached hydrogen (secondary N) is 1. The minimum atomic E-state index is 0.243. The quantitative estimate of drug-likeness (QED) is 0.753. The van der Waals surface area contributed by atoms with Gasteiger partial charge in [-0.2, -0.15) is 0 Å². The molecular formula is C15H19Cl2NO. The summed E-state index contributed by atoms with van der Waals surface area (Å²) >= 11 is 12.2. The van der Waals surface area contributed by atoms with E-state index in [2.05, 4.69) is 19.2 Å². The molecule has 1 atom stereocenters. The van der Waals surface area contributed by atoms with Crippen LogP contribution in [-0.2, 0) is 0 Å². The van der Waals surface area contributed by atoms with Crippen LogP contribution in [0.3, 0.4) is 0 Å². The summed E-state index contributed by atoms with van der Waals surface area (Å²) < 4.78 is 5.91. The number of hydrogen-bond acceptors (Lipinski definition) is 2. The largest absolute Gasteiger partial charge is 0.458 e. The van der Waals surface area contributed by atoms with E-state index in [0.29, 0.717) is 10.0 Å². The van der Waals surface area contributed by atoms with E-state index in [0.717, 1.165) is 42.5 Å². The number of furan rings is 1. The fraction of sp³-hybridized carbons (Fsp3) is 0.467. The summed E-state index contributed by atoms with van der Waals surface area (Å²) in [7, 11) is 0. The fourth-order valence-electron chi connectivity index (χ4n) is 2.22. The lowest BCUT2D eigenvalue weighted by Gasteiger charge is -2.14. The van der Waals surface area contributed by atoms with Crippen molar-refractivity contribution in [3.05, 3.63) is 34.0 Å². The Morgan fingerprint density at radius 3 is 2.63 bits per heavy atom. The molecule has 0 aliphatic rings. The molecule has 0 radical (unpaired) electrons. The first-order valence-corrected chi connectivity index (χ1v) is 7.53. The fourth-order valence-corrected chi connectivity index (χ4v) is 2.77. The van der Waals surface area contributed by atoms with Crippen LogP contribution in [0.4, 0.5) is 0 Å². The van der Waals surface area contributed by atoms with Crippen LogP contribution in [0.1, 0.15) is 44.9 Å². The van der Waals surface area contributed by atoms with Gasteiger partial charge in [-0.1, -0.05) is 43.5 Å². The molecule has 104 valence electrons. The molecule has 0 bridgehead atoms. The minimum Gasteiger partial charge on any atom is -0.458 e. The van der Waals surface area contributed by atoms with Gasteiger partial charge in [0.2, 0.25) is 0 Å². The first kappa shape index (κ1) is 14.7. The minimum absolute atomic E-state index is 0.243. The zero-order chi connectivity index (χ0) is 13.8. The van der Waals surface area contributed by atoms with Gasteiger partial charge >= 0.3 is 0 Å². The summed E-state index contributed by atoms with van der Waals surface area (Å²) in [6.45, 7) is 5.31. The lowest BCUT2D eigenvalue weighted by molar-refractivity contribution is 0.408. The Morgan fingerprint density at radius 2 is 1.95 bits per heavy atom. The molecule has 4 heteroatoms. The average molecular weight is 300 g/mol. The van der Waals surface area contributed by atoms with Gasteiger partial charge in [-0.15, -0.1) is 0 Å². The second-order valence-electron chi connectivity index (χ2n) is 4.75. The number of hydrogen-bond donors (Lipinski definition) is 1. The van der Waals surface area contributed by atoms with Gasteiger partial charge in [0.05, 0.1) is 11.1 Å². The SMILES string of the molecule is CCCNC(CCC)c1cc2cc(Cl)cc(Cl)c2o1. The third kappa shape index (κ3) is 3.44. The Morgan fingerprint density at radius 1 is 1.16 bits per heavy atom. The molecule has 2 nitrogen and oxygen atoms in total. The molecular weight excluding hydrogens is 281 g/mol. The van der Waals surface area contributed by atoms with E-state index < -0.39 is 0 Å². The van der Waals surface area contributed by atoms with E-state index in [9.17, 15) is 0 Å². The Kier molecular flexibility index (Phi) is 5.14. The van der Waals surface area contributed by atoms with E-state index >= 15 is 0 Å². The molecule has 1 aromatic heterocycles. The molecule has 0 saturated carbocycles. The summed E-state index contributed by atoms with van der Waals surface area (Å²) in [5.74, 6) is 0.939. The highest BCUT2D eigenvalue weighted by atomic mass is 35.5. The highest BCUT2D eigenvalue weighted by molar-refractivity contribution is 6.38. The van der Waals surface area contributed by atoms with Gasteiger partial charge in [-0.05, 0) is 37.6 Å². The van der Waals surface area contributed by atoms with Crippen molar-refractivity contribution >= 4 is 34.2 Å². The molecule has 2 aromatic rings. The second-order valence-corrected chi connectivity index (χ2v) is 5.59. The Hall–Kier alpha value is -0.700. The smallest absolute Gasteiger partial charge is 0.153 e. The predicted molar refractivity (Wildman–Crippen MR) is 82.2 cm³/mol. The van der Waals surface area contributed by atoms with Crippen molar-refractivity contribution in [3.63, 3.8) is 0 Å². The zero-order valence-corrected chi connectivity index (χ0v) is 12.8. The van der Waals surface area contributed by atoms with Crippen molar-refractivity contribution in [2.75, 3.05) is 6.54 Å². The van der Waals surface area contributed by atoms with Gasteiger partial charge in [0, 0.05) is 10.4 Å². The molecule has 1 aromatic carbocycles. The Bertz CT molecular complexity index is 550. The molecule has 0 aliphatic carbocycles. The monoisotopic (exact) mass is 299 g/mol. The number of rotatable bonds is 6. The van der Waals surface area contributed by atoms with Crippen LogP contribution in [0.25, 0.3) is 11.0 Å². The molecule has 2 rings (SSSR count). The van der Waals surface area contributed by atoms with Gasteiger partial charge in [-0.3, -0.25) is 0 Å². The molecule has 1 unspecified atom stereocenters. The summed E-state index contributed by atoms with van der Waals surface area (Å²) in [6, 6.07) is 5.88. The van der Waals surface area contributed by atoms with E-state index in [-0.39, 0.29) is 6.04 Å². The van der Waals surface area contributed by atoms with Gasteiger partial charge < -0.3 is 9.73 Å². The van der Waals surface area contributed by atoms with Crippen molar-refractivity contribution in [3.8, 4) is 0 Å². The average Bonchev–Trinajstić information content (AvgIpc) is 2.78. The maximum Gasteiger partial charge on any atom is 0.153 e. The van der Waals surface area contributed by atoms with Crippen molar-refractivity contribution in [2.45, 2.75) is 39.2 Å². The molecule has 0 aliphatic heterocycles. The van der Waals surface area contributed by atoms with Gasteiger partial charge in [-0.25, -0.2) is 0 Å². The molecule has 1 N–H and O–H groups in total. The molecule has 0 saturated heterocycles. The highest BCUT2D eigenvalue weighted by Gasteiger charge is 2.16. The van der Waals surface area contributed by atoms with Crippen LogP contribution in [0.5, 0.6) is 0 Å². The summed E-state index contributed by atoms with van der Waals surface area (Å²) in [5, 5.41) is 5.68. The first-order valence-electron chi connectivity index (χ1n) is 6.77. The summed E-state index contributed by atoms with van der Waals surface area (Å²) in [6.07, 6.45) is 3.26. The van der Waals surface area contributed by atoms with Gasteiger partial charge in [0.1, 0.15) is 5.76 Å². The van der Waals surface area contributed by atoms with Crippen molar-refractivity contribution < 1.29 is 4.42 Å². The summed E-state index contributed by atoms with van der Waals surface area (Å²) in [4.78, 5) is 0. The predicted octanol–water partition coefficient (Wildman–Crippen LogP) is 5.58. The van der Waals surface area contributed by atoms with E-state index in [1.807, 2.05) is 12.1 Å². The van der Waals surface area contributed by atoms with E-state index in [1.165, 1.54) is 0 Å². The molecule has 0 amide bonds. The lowest BCUT2D eigenvalue weighted by Crippen LogP contribution is -2.21. The van der Waals surface area contributed by atoms with Crippen LogP contribution in [0.2, 0.25) is 10.0 Å². The van der Waals surface area contributed by atoms with Gasteiger partial charge in [0.25, 0.3) is 0 Å². The number of fused-ring (bicyclic) bond motifs is 1. The topological polar surface area (TPSA) is 25.2 Å². The van der Waals surface area contributed by atoms with E-state index in [4.69, 9.17) is 27.6 Å². The molecule has 19 heavy (non-hydrogen) atoms. The maximum atomic E-state index is 6.16. The second kappa shape index (κ2) is 6.65. The molecule has 1 heterocycles. The van der Waals surface area contributed by atoms with Crippen LogP contribution in [-0.4, -0.2) is 6.54 Å². The van der Waals surface area contributed by atoms with Crippen molar-refractivity contribution in [1.82, 2.24) is 5.32 Å². The molecule has 0 fully saturated rings. The lowest BCUT2D eigenvalue weighted by atomic mass is 10.1. The van der Waals surface area contributed by atoms with Crippen LogP contribution >= 0.6 is 23.2 Å². The number of halogens is 2. The Balaban J connectivity index is 2.34. The Labute approximate surface area is 124 Å². The van der Waals surface area contributed by atoms with Crippen LogP contribution in [0.15, 0.2) is 22.6 Å². The van der Waals surface area contributed by atoms with Crippen molar-refractivity contribution in [1.29, 1.82) is 0 Å². The van der Waals surface area contributed by atoms with Crippen molar-refractivity contribution in [2.24, 2.45) is 0 Å². The van der Waals surface area contributed by atoms with Crippen LogP contribution in [0, 0.1) is 0 Å². The third-order valence-corrected chi connectivity index (χ3v) is 3.62. The van der Waals surface area contributed by atoms with Crippen LogP contribution < -0.4 is 5.32 Å². The maximum absolute atomic E-state index is 6.16. The first-order chi connectivity index (χ1) is 9.15. The third-order valence-electron chi connectivity index (χ3n) is 3.12. The highest BCUT2D eigenvalue weighted by Crippen LogP contribution is 2.33. The van der Waals surface area contributed by atoms with Gasteiger partial charge in [0.15, 0.2) is 5.58 Å². The standard InChI is InChI=1S/C15H19Cl2NO/c1-3-5-13(18-6-4-2)14-8-10-7-11(16)9-12(17)15(10)19-14/h7-9,13,18H,3-6H2,1-2H3. The zero-order valence-electron chi connectivity index (χ0n) is 11.3. The number of benzene rings is 1.